The lowest BCUT2D eigenvalue weighted by Crippen LogP contribution is -2.33. The Labute approximate surface area is 80.6 Å². The van der Waals surface area contributed by atoms with E-state index < -0.39 is 12.0 Å². The fourth-order valence-corrected chi connectivity index (χ4v) is 1.65. The number of carboxylic acids is 1. The number of halogens is 1. The Hall–Kier alpha value is -1.58. The summed E-state index contributed by atoms with van der Waals surface area (Å²) in [6.45, 7) is 0. The van der Waals surface area contributed by atoms with Gasteiger partial charge >= 0.3 is 5.97 Å². The molecule has 0 aromatic heterocycles. The van der Waals surface area contributed by atoms with E-state index in [9.17, 15) is 9.18 Å². The summed E-state index contributed by atoms with van der Waals surface area (Å²) in [5.41, 5.74) is 1.58. The van der Waals surface area contributed by atoms with Crippen molar-refractivity contribution in [3.05, 3.63) is 29.6 Å². The van der Waals surface area contributed by atoms with Gasteiger partial charge in [0.15, 0.2) is 0 Å². The standard InChI is InChI=1S/C10H10FNO2/c11-7-2-4-8-6(5-7)1-3-9(12-8)10(13)14/h2,4-5,9,12H,1,3H2,(H,13,14)/t9-/m1/s1. The molecule has 0 saturated carbocycles. The second-order valence-corrected chi connectivity index (χ2v) is 3.38. The molecule has 0 bridgehead atoms. The van der Waals surface area contributed by atoms with Gasteiger partial charge in [0.1, 0.15) is 11.9 Å². The minimum Gasteiger partial charge on any atom is -0.480 e. The largest absolute Gasteiger partial charge is 0.480 e. The Morgan fingerprint density at radius 3 is 3.07 bits per heavy atom. The maximum Gasteiger partial charge on any atom is 0.326 e. The lowest BCUT2D eigenvalue weighted by molar-refractivity contribution is -0.138. The lowest BCUT2D eigenvalue weighted by Gasteiger charge is -2.23. The molecule has 1 aliphatic rings. The van der Waals surface area contributed by atoms with Crippen LogP contribution in [0.15, 0.2) is 18.2 Å². The zero-order chi connectivity index (χ0) is 10.1. The van der Waals surface area contributed by atoms with Gasteiger partial charge in [-0.05, 0) is 36.6 Å². The van der Waals surface area contributed by atoms with Gasteiger partial charge in [-0.25, -0.2) is 9.18 Å². The Morgan fingerprint density at radius 2 is 2.36 bits per heavy atom. The molecule has 0 aliphatic carbocycles. The molecule has 1 aromatic carbocycles. The number of aliphatic carboxylic acids is 1. The van der Waals surface area contributed by atoms with E-state index in [0.29, 0.717) is 12.8 Å². The zero-order valence-electron chi connectivity index (χ0n) is 7.46. The summed E-state index contributed by atoms with van der Waals surface area (Å²) in [5.74, 6) is -1.14. The monoisotopic (exact) mass is 195 g/mol. The van der Waals surface area contributed by atoms with Crippen LogP contribution in [0, 0.1) is 5.82 Å². The van der Waals surface area contributed by atoms with Crippen LogP contribution in [0.4, 0.5) is 10.1 Å². The molecule has 0 spiro atoms. The summed E-state index contributed by atoms with van der Waals surface area (Å²) >= 11 is 0. The second-order valence-electron chi connectivity index (χ2n) is 3.38. The quantitative estimate of drug-likeness (QED) is 0.716. The van der Waals surface area contributed by atoms with Crippen LogP contribution in [0.5, 0.6) is 0 Å². The van der Waals surface area contributed by atoms with Gasteiger partial charge in [-0.15, -0.1) is 0 Å². The van der Waals surface area contributed by atoms with Crippen molar-refractivity contribution in [2.45, 2.75) is 18.9 Å². The van der Waals surface area contributed by atoms with Crippen molar-refractivity contribution in [3.8, 4) is 0 Å². The van der Waals surface area contributed by atoms with Crippen molar-refractivity contribution >= 4 is 11.7 Å². The SMILES string of the molecule is O=C(O)[C@H]1CCc2cc(F)ccc2N1. The highest BCUT2D eigenvalue weighted by Crippen LogP contribution is 2.25. The Kier molecular flexibility index (Phi) is 2.11. The van der Waals surface area contributed by atoms with E-state index in [1.807, 2.05) is 0 Å². The number of nitrogens with one attached hydrogen (secondary N) is 1. The van der Waals surface area contributed by atoms with Crippen molar-refractivity contribution in [1.29, 1.82) is 0 Å². The summed E-state index contributed by atoms with van der Waals surface area (Å²) in [6, 6.07) is 3.81. The van der Waals surface area contributed by atoms with Gasteiger partial charge in [-0.2, -0.15) is 0 Å². The Morgan fingerprint density at radius 1 is 1.57 bits per heavy atom. The molecule has 0 radical (unpaired) electrons. The van der Waals surface area contributed by atoms with Crippen molar-refractivity contribution in [2.24, 2.45) is 0 Å². The fourth-order valence-electron chi connectivity index (χ4n) is 1.65. The minimum atomic E-state index is -0.861. The van der Waals surface area contributed by atoms with Crippen molar-refractivity contribution < 1.29 is 14.3 Å². The summed E-state index contributed by atoms with van der Waals surface area (Å²) in [4.78, 5) is 10.7. The third kappa shape index (κ3) is 1.55. The first kappa shape index (κ1) is 8.99. The number of aryl methyl sites for hydroxylation is 1. The van der Waals surface area contributed by atoms with Crippen LogP contribution in [-0.4, -0.2) is 17.1 Å². The molecule has 14 heavy (non-hydrogen) atoms. The van der Waals surface area contributed by atoms with Gasteiger partial charge < -0.3 is 10.4 Å². The van der Waals surface area contributed by atoms with E-state index in [0.717, 1.165) is 11.3 Å². The van der Waals surface area contributed by atoms with Gasteiger partial charge in [0.2, 0.25) is 0 Å². The maximum atomic E-state index is 12.8. The number of anilines is 1. The van der Waals surface area contributed by atoms with E-state index in [4.69, 9.17) is 5.11 Å². The molecule has 3 nitrogen and oxygen atoms in total. The molecule has 74 valence electrons. The van der Waals surface area contributed by atoms with E-state index >= 15 is 0 Å². The number of carboxylic acid groups (broad SMARTS) is 1. The molecule has 1 heterocycles. The van der Waals surface area contributed by atoms with Crippen LogP contribution < -0.4 is 5.32 Å². The fraction of sp³-hybridized carbons (Fsp3) is 0.300. The number of carbonyl (C=O) groups is 1. The van der Waals surface area contributed by atoms with E-state index in [2.05, 4.69) is 5.32 Å². The van der Waals surface area contributed by atoms with Crippen molar-refractivity contribution in [3.63, 3.8) is 0 Å². The predicted octanol–water partition coefficient (Wildman–Crippen LogP) is 1.64. The number of hydrogen-bond donors (Lipinski definition) is 2. The lowest BCUT2D eigenvalue weighted by atomic mass is 9.98. The summed E-state index contributed by atoms with van der Waals surface area (Å²) in [5, 5.41) is 11.6. The van der Waals surface area contributed by atoms with E-state index in [1.165, 1.54) is 12.1 Å². The normalized spacial score (nSPS) is 19.6. The van der Waals surface area contributed by atoms with Crippen LogP contribution in [0.1, 0.15) is 12.0 Å². The Bertz CT molecular complexity index is 378. The molecule has 1 aliphatic heterocycles. The first-order valence-electron chi connectivity index (χ1n) is 4.44. The van der Waals surface area contributed by atoms with Gasteiger partial charge in [-0.1, -0.05) is 0 Å². The molecule has 2 rings (SSSR count). The highest BCUT2D eigenvalue weighted by molar-refractivity contribution is 5.78. The molecular weight excluding hydrogens is 185 g/mol. The van der Waals surface area contributed by atoms with Crippen LogP contribution in [0.25, 0.3) is 0 Å². The van der Waals surface area contributed by atoms with Crippen LogP contribution in [0.2, 0.25) is 0 Å². The maximum absolute atomic E-state index is 12.8. The first-order valence-corrected chi connectivity index (χ1v) is 4.44. The third-order valence-corrected chi connectivity index (χ3v) is 2.40. The summed E-state index contributed by atoms with van der Waals surface area (Å²) in [6.07, 6.45) is 1.11. The van der Waals surface area contributed by atoms with Crippen LogP contribution >= 0.6 is 0 Å². The average Bonchev–Trinajstić information content (AvgIpc) is 2.16. The second kappa shape index (κ2) is 3.29. The highest BCUT2D eigenvalue weighted by Gasteiger charge is 2.23. The molecule has 0 unspecified atom stereocenters. The molecular formula is C10H10FNO2. The molecule has 0 saturated heterocycles. The smallest absolute Gasteiger partial charge is 0.326 e. The summed E-state index contributed by atoms with van der Waals surface area (Å²) < 4.78 is 12.8. The average molecular weight is 195 g/mol. The van der Waals surface area contributed by atoms with Gasteiger partial charge in [-0.3, -0.25) is 0 Å². The molecule has 2 N–H and O–H groups in total. The number of hydrogen-bond acceptors (Lipinski definition) is 2. The topological polar surface area (TPSA) is 49.3 Å². The minimum absolute atomic E-state index is 0.278. The third-order valence-electron chi connectivity index (χ3n) is 2.40. The van der Waals surface area contributed by atoms with Gasteiger partial charge in [0, 0.05) is 5.69 Å². The Balaban J connectivity index is 2.27. The number of fused-ring (bicyclic) bond motifs is 1. The molecule has 0 amide bonds. The van der Waals surface area contributed by atoms with Crippen LogP contribution in [-0.2, 0) is 11.2 Å². The van der Waals surface area contributed by atoms with Crippen LogP contribution in [0.3, 0.4) is 0 Å². The first-order chi connectivity index (χ1) is 6.66. The van der Waals surface area contributed by atoms with Crippen molar-refractivity contribution in [2.75, 3.05) is 5.32 Å². The number of benzene rings is 1. The predicted molar refractivity (Wildman–Crippen MR) is 49.8 cm³/mol. The van der Waals surface area contributed by atoms with Crippen molar-refractivity contribution in [1.82, 2.24) is 0 Å². The molecule has 0 fully saturated rings. The highest BCUT2D eigenvalue weighted by atomic mass is 19.1. The van der Waals surface area contributed by atoms with Gasteiger partial charge in [0.05, 0.1) is 0 Å². The number of rotatable bonds is 1. The molecule has 4 heteroatoms. The zero-order valence-corrected chi connectivity index (χ0v) is 7.46. The molecule has 1 atom stereocenters. The van der Waals surface area contributed by atoms with E-state index in [1.54, 1.807) is 6.07 Å². The summed E-state index contributed by atoms with van der Waals surface area (Å²) in [7, 11) is 0. The van der Waals surface area contributed by atoms with E-state index in [-0.39, 0.29) is 5.82 Å². The molecule has 1 aromatic rings. The van der Waals surface area contributed by atoms with Gasteiger partial charge in [0.25, 0.3) is 0 Å².